The summed E-state index contributed by atoms with van der Waals surface area (Å²) in [5.74, 6) is 0.405. The second kappa shape index (κ2) is 6.35. The quantitative estimate of drug-likeness (QED) is 0.905. The van der Waals surface area contributed by atoms with E-state index in [0.29, 0.717) is 11.5 Å². The van der Waals surface area contributed by atoms with E-state index in [9.17, 15) is 4.79 Å². The maximum Gasteiger partial charge on any atom is 0.270 e. The van der Waals surface area contributed by atoms with Gasteiger partial charge < -0.3 is 10.6 Å². The lowest BCUT2D eigenvalue weighted by Crippen LogP contribution is -2.30. The molecule has 0 spiro atoms. The van der Waals surface area contributed by atoms with Gasteiger partial charge in [-0.05, 0) is 39.3 Å². The number of aromatic nitrogens is 2. The van der Waals surface area contributed by atoms with Crippen molar-refractivity contribution in [3.05, 3.63) is 47.4 Å². The third-order valence-electron chi connectivity index (χ3n) is 2.96. The number of aryl methyl sites for hydroxylation is 2. The van der Waals surface area contributed by atoms with Crippen LogP contribution in [0.2, 0.25) is 0 Å². The maximum absolute atomic E-state index is 11.9. The largest absolute Gasteiger partial charge is 0.349 e. The van der Waals surface area contributed by atoms with Gasteiger partial charge in [0, 0.05) is 17.8 Å². The molecule has 5 nitrogen and oxygen atoms in total. The molecule has 2 N–H and O–H groups in total. The van der Waals surface area contributed by atoms with Crippen molar-refractivity contribution >= 4 is 17.4 Å². The van der Waals surface area contributed by atoms with Crippen molar-refractivity contribution < 1.29 is 4.79 Å². The number of hydrogen-bond acceptors (Lipinski definition) is 4. The van der Waals surface area contributed by atoms with Crippen LogP contribution < -0.4 is 10.6 Å². The van der Waals surface area contributed by atoms with Gasteiger partial charge in [0.25, 0.3) is 5.91 Å². The fraction of sp³-hybridized carbons (Fsp3) is 0.312. The highest BCUT2D eigenvalue weighted by atomic mass is 16.1. The Balaban J connectivity index is 2.19. The lowest BCUT2D eigenvalue weighted by atomic mass is 10.1. The second-order valence-electron chi connectivity index (χ2n) is 5.36. The molecule has 0 unspecified atom stereocenters. The van der Waals surface area contributed by atoms with Crippen molar-refractivity contribution in [2.45, 2.75) is 33.7 Å². The monoisotopic (exact) mass is 284 g/mol. The molecular formula is C16H20N4O. The Morgan fingerprint density at radius 3 is 2.57 bits per heavy atom. The van der Waals surface area contributed by atoms with E-state index in [1.165, 1.54) is 11.9 Å². The van der Waals surface area contributed by atoms with Gasteiger partial charge in [0.15, 0.2) is 0 Å². The number of anilines is 2. The molecule has 0 atom stereocenters. The molecule has 1 aromatic carbocycles. The fourth-order valence-electron chi connectivity index (χ4n) is 1.98. The van der Waals surface area contributed by atoms with Crippen molar-refractivity contribution in [1.29, 1.82) is 0 Å². The van der Waals surface area contributed by atoms with E-state index in [2.05, 4.69) is 33.6 Å². The normalized spacial score (nSPS) is 10.5. The number of rotatable bonds is 4. The van der Waals surface area contributed by atoms with Crippen molar-refractivity contribution in [3.63, 3.8) is 0 Å². The van der Waals surface area contributed by atoms with E-state index in [0.717, 1.165) is 11.3 Å². The van der Waals surface area contributed by atoms with Gasteiger partial charge in [-0.2, -0.15) is 0 Å². The standard InChI is InChI=1S/C16H20N4O/c1-10(2)19-16(21)14-8-15(18-9-17-14)20-13-6-5-11(3)7-12(13)4/h5-10H,1-4H3,(H,19,21)(H,17,18,20). The smallest absolute Gasteiger partial charge is 0.270 e. The van der Waals surface area contributed by atoms with Gasteiger partial charge in [-0.3, -0.25) is 4.79 Å². The van der Waals surface area contributed by atoms with Crippen LogP contribution in [0.4, 0.5) is 11.5 Å². The molecule has 2 aromatic rings. The Kier molecular flexibility index (Phi) is 4.52. The number of nitrogens with one attached hydrogen (secondary N) is 2. The molecule has 0 aliphatic heterocycles. The van der Waals surface area contributed by atoms with Gasteiger partial charge in [-0.1, -0.05) is 17.7 Å². The van der Waals surface area contributed by atoms with Crippen LogP contribution in [0.3, 0.4) is 0 Å². The van der Waals surface area contributed by atoms with Gasteiger partial charge in [-0.15, -0.1) is 0 Å². The topological polar surface area (TPSA) is 66.9 Å². The van der Waals surface area contributed by atoms with E-state index in [1.54, 1.807) is 6.07 Å². The lowest BCUT2D eigenvalue weighted by molar-refractivity contribution is 0.0938. The highest BCUT2D eigenvalue weighted by molar-refractivity contribution is 5.93. The third-order valence-corrected chi connectivity index (χ3v) is 2.96. The Bertz CT molecular complexity index is 652. The van der Waals surface area contributed by atoms with Crippen LogP contribution in [-0.2, 0) is 0 Å². The Morgan fingerprint density at radius 2 is 1.90 bits per heavy atom. The number of benzene rings is 1. The van der Waals surface area contributed by atoms with Crippen molar-refractivity contribution in [3.8, 4) is 0 Å². The highest BCUT2D eigenvalue weighted by Gasteiger charge is 2.10. The van der Waals surface area contributed by atoms with Gasteiger partial charge in [-0.25, -0.2) is 9.97 Å². The van der Waals surface area contributed by atoms with Crippen molar-refractivity contribution in [2.24, 2.45) is 0 Å². The predicted octanol–water partition coefficient (Wildman–Crippen LogP) is 2.98. The van der Waals surface area contributed by atoms with Gasteiger partial charge in [0.2, 0.25) is 0 Å². The minimum Gasteiger partial charge on any atom is -0.349 e. The molecule has 0 aliphatic carbocycles. The van der Waals surface area contributed by atoms with E-state index in [4.69, 9.17) is 0 Å². The zero-order valence-corrected chi connectivity index (χ0v) is 12.8. The summed E-state index contributed by atoms with van der Waals surface area (Å²) in [6.45, 7) is 7.90. The van der Waals surface area contributed by atoms with Crippen molar-refractivity contribution in [1.82, 2.24) is 15.3 Å². The number of amides is 1. The molecule has 110 valence electrons. The average molecular weight is 284 g/mol. The molecule has 0 saturated carbocycles. The molecular weight excluding hydrogens is 264 g/mol. The molecule has 21 heavy (non-hydrogen) atoms. The number of carbonyl (C=O) groups is 1. The molecule has 2 rings (SSSR count). The zero-order valence-electron chi connectivity index (χ0n) is 12.8. The van der Waals surface area contributed by atoms with Crippen LogP contribution in [0.15, 0.2) is 30.6 Å². The maximum atomic E-state index is 11.9. The zero-order chi connectivity index (χ0) is 15.4. The molecule has 0 aliphatic rings. The fourth-order valence-corrected chi connectivity index (χ4v) is 1.98. The van der Waals surface area contributed by atoms with Crippen LogP contribution >= 0.6 is 0 Å². The van der Waals surface area contributed by atoms with Crippen LogP contribution in [0, 0.1) is 13.8 Å². The van der Waals surface area contributed by atoms with Crippen LogP contribution in [0.1, 0.15) is 35.5 Å². The first-order chi connectivity index (χ1) is 9.95. The summed E-state index contributed by atoms with van der Waals surface area (Å²) in [5, 5.41) is 6.03. The molecule has 1 aromatic heterocycles. The van der Waals surface area contributed by atoms with Crippen LogP contribution in [-0.4, -0.2) is 21.9 Å². The summed E-state index contributed by atoms with van der Waals surface area (Å²) < 4.78 is 0. The summed E-state index contributed by atoms with van der Waals surface area (Å²) in [4.78, 5) is 20.1. The van der Waals surface area contributed by atoms with Gasteiger partial charge in [0.1, 0.15) is 17.8 Å². The summed E-state index contributed by atoms with van der Waals surface area (Å²) in [7, 11) is 0. The van der Waals surface area contributed by atoms with E-state index < -0.39 is 0 Å². The molecule has 0 saturated heterocycles. The van der Waals surface area contributed by atoms with Crippen LogP contribution in [0.5, 0.6) is 0 Å². The van der Waals surface area contributed by atoms with Crippen molar-refractivity contribution in [2.75, 3.05) is 5.32 Å². The first-order valence-electron chi connectivity index (χ1n) is 6.93. The Labute approximate surface area is 124 Å². The number of carbonyl (C=O) groups excluding carboxylic acids is 1. The highest BCUT2D eigenvalue weighted by Crippen LogP contribution is 2.20. The van der Waals surface area contributed by atoms with Gasteiger partial charge >= 0.3 is 0 Å². The summed E-state index contributed by atoms with van der Waals surface area (Å²) in [5.41, 5.74) is 3.65. The lowest BCUT2D eigenvalue weighted by Gasteiger charge is -2.11. The van der Waals surface area contributed by atoms with E-state index >= 15 is 0 Å². The second-order valence-corrected chi connectivity index (χ2v) is 5.36. The summed E-state index contributed by atoms with van der Waals surface area (Å²) in [6, 6.07) is 7.85. The minimum atomic E-state index is -0.198. The molecule has 5 heteroatoms. The molecule has 1 heterocycles. The van der Waals surface area contributed by atoms with Crippen LogP contribution in [0.25, 0.3) is 0 Å². The minimum absolute atomic E-state index is 0.0724. The first kappa shape index (κ1) is 15.0. The summed E-state index contributed by atoms with van der Waals surface area (Å²) >= 11 is 0. The third kappa shape index (κ3) is 4.02. The van der Waals surface area contributed by atoms with E-state index in [1.807, 2.05) is 32.9 Å². The Hall–Kier alpha value is -2.43. The Morgan fingerprint density at radius 1 is 1.14 bits per heavy atom. The predicted molar refractivity (Wildman–Crippen MR) is 83.8 cm³/mol. The molecule has 0 radical (unpaired) electrons. The number of hydrogen-bond donors (Lipinski definition) is 2. The van der Waals surface area contributed by atoms with E-state index in [-0.39, 0.29) is 11.9 Å². The molecule has 1 amide bonds. The average Bonchev–Trinajstić information content (AvgIpc) is 2.41. The molecule has 0 bridgehead atoms. The number of nitrogens with zero attached hydrogens (tertiary/aromatic N) is 2. The van der Waals surface area contributed by atoms with Gasteiger partial charge in [0.05, 0.1) is 0 Å². The molecule has 0 fully saturated rings. The summed E-state index contributed by atoms with van der Waals surface area (Å²) in [6.07, 6.45) is 1.39. The first-order valence-corrected chi connectivity index (χ1v) is 6.93. The SMILES string of the molecule is Cc1ccc(Nc2cc(C(=O)NC(C)C)ncn2)c(C)c1.